The summed E-state index contributed by atoms with van der Waals surface area (Å²) in [6, 6.07) is 8.87. The first kappa shape index (κ1) is 10.6. The van der Waals surface area contributed by atoms with Crippen LogP contribution in [0.4, 0.5) is 0 Å². The van der Waals surface area contributed by atoms with Crippen molar-refractivity contribution in [2.24, 2.45) is 0 Å². The van der Waals surface area contributed by atoms with Crippen LogP contribution in [-0.2, 0) is 6.54 Å². The maximum absolute atomic E-state index is 2.34. The Bertz CT molecular complexity index is 445. The van der Waals surface area contributed by atoms with Gasteiger partial charge in [-0.25, -0.2) is 0 Å². The normalized spacial score (nSPS) is 11.1. The van der Waals surface area contributed by atoms with Crippen LogP contribution in [0.5, 0.6) is 0 Å². The van der Waals surface area contributed by atoms with Crippen LogP contribution in [-0.4, -0.2) is 16.1 Å². The quantitative estimate of drug-likeness (QED) is 0.710. The monoisotopic (exact) mass is 219 g/mol. The first-order valence-corrected chi connectivity index (χ1v) is 6.60. The summed E-state index contributed by atoms with van der Waals surface area (Å²) in [6.07, 6.45) is 2.19. The van der Waals surface area contributed by atoms with Crippen LogP contribution in [0.3, 0.4) is 0 Å². The molecule has 0 bridgehead atoms. The van der Waals surface area contributed by atoms with Crippen LogP contribution in [0, 0.1) is 6.92 Å². The van der Waals surface area contributed by atoms with E-state index in [0.29, 0.717) is 0 Å². The number of aryl methyl sites for hydroxylation is 2. The molecule has 0 saturated carbocycles. The fourth-order valence-corrected chi connectivity index (χ4v) is 2.44. The van der Waals surface area contributed by atoms with Crippen molar-refractivity contribution in [1.82, 2.24) is 4.57 Å². The predicted molar refractivity (Wildman–Crippen MR) is 69.7 cm³/mol. The van der Waals surface area contributed by atoms with E-state index < -0.39 is 0 Å². The Balaban J connectivity index is 2.21. The number of hydrogen-bond acceptors (Lipinski definition) is 1. The zero-order valence-electron chi connectivity index (χ0n) is 9.36. The molecule has 0 atom stereocenters. The minimum Gasteiger partial charge on any atom is -0.347 e. The van der Waals surface area contributed by atoms with E-state index in [0.717, 1.165) is 6.54 Å². The van der Waals surface area contributed by atoms with Crippen molar-refractivity contribution in [3.8, 4) is 0 Å². The van der Waals surface area contributed by atoms with Gasteiger partial charge in [-0.2, -0.15) is 11.8 Å². The van der Waals surface area contributed by atoms with Crippen LogP contribution in [0.1, 0.15) is 12.5 Å². The molecule has 0 fully saturated rings. The third-order valence-corrected chi connectivity index (χ3v) is 3.49. The minimum absolute atomic E-state index is 1.12. The molecule has 15 heavy (non-hydrogen) atoms. The Hall–Kier alpha value is -0.890. The van der Waals surface area contributed by atoms with Gasteiger partial charge >= 0.3 is 0 Å². The Morgan fingerprint density at radius 2 is 2.13 bits per heavy atom. The molecule has 80 valence electrons. The van der Waals surface area contributed by atoms with Gasteiger partial charge in [-0.15, -0.1) is 0 Å². The van der Waals surface area contributed by atoms with E-state index in [1.165, 1.54) is 28.0 Å². The van der Waals surface area contributed by atoms with Crippen LogP contribution < -0.4 is 0 Å². The molecule has 0 amide bonds. The Labute approximate surface area is 95.5 Å². The van der Waals surface area contributed by atoms with Crippen molar-refractivity contribution in [2.45, 2.75) is 20.4 Å². The number of benzene rings is 1. The van der Waals surface area contributed by atoms with Crippen molar-refractivity contribution in [3.63, 3.8) is 0 Å². The summed E-state index contributed by atoms with van der Waals surface area (Å²) in [6.45, 7) is 5.47. The lowest BCUT2D eigenvalue weighted by Crippen LogP contribution is -1.98. The van der Waals surface area contributed by atoms with Crippen molar-refractivity contribution in [1.29, 1.82) is 0 Å². The summed E-state index contributed by atoms with van der Waals surface area (Å²) in [7, 11) is 0. The lowest BCUT2D eigenvalue weighted by atomic mass is 10.2. The number of fused-ring (bicyclic) bond motifs is 1. The smallest absolute Gasteiger partial charge is 0.0480 e. The molecule has 0 aliphatic carbocycles. The number of thioether (sulfide) groups is 1. The van der Waals surface area contributed by atoms with E-state index in [1.54, 1.807) is 0 Å². The van der Waals surface area contributed by atoms with Gasteiger partial charge in [0.25, 0.3) is 0 Å². The van der Waals surface area contributed by atoms with E-state index in [4.69, 9.17) is 0 Å². The van der Waals surface area contributed by atoms with Gasteiger partial charge in [0.05, 0.1) is 0 Å². The Morgan fingerprint density at radius 3 is 2.93 bits per heavy atom. The molecule has 0 N–H and O–H groups in total. The summed E-state index contributed by atoms with van der Waals surface area (Å²) in [5.74, 6) is 2.41. The van der Waals surface area contributed by atoms with Crippen LogP contribution >= 0.6 is 11.8 Å². The van der Waals surface area contributed by atoms with Crippen LogP contribution in [0.15, 0.2) is 30.5 Å². The average Bonchev–Trinajstić information content (AvgIpc) is 2.61. The van der Waals surface area contributed by atoms with Crippen molar-refractivity contribution >= 4 is 22.7 Å². The van der Waals surface area contributed by atoms with Gasteiger partial charge in [0.2, 0.25) is 0 Å². The van der Waals surface area contributed by atoms with Gasteiger partial charge in [0.1, 0.15) is 0 Å². The molecule has 1 heterocycles. The highest BCUT2D eigenvalue weighted by Gasteiger charge is 2.00. The lowest BCUT2D eigenvalue weighted by Gasteiger charge is -2.04. The second-order valence-electron chi connectivity index (χ2n) is 3.77. The number of rotatable bonds is 4. The largest absolute Gasteiger partial charge is 0.347 e. The van der Waals surface area contributed by atoms with Gasteiger partial charge in [0.15, 0.2) is 0 Å². The minimum atomic E-state index is 1.12. The standard InChI is InChI=1S/C13H17NS/c1-3-15-9-8-14-7-6-12-10-11(2)4-5-13(12)14/h4-7,10H,3,8-9H2,1-2H3. The zero-order valence-corrected chi connectivity index (χ0v) is 10.2. The highest BCUT2D eigenvalue weighted by molar-refractivity contribution is 7.99. The number of hydrogen-bond donors (Lipinski definition) is 0. The maximum atomic E-state index is 2.34. The summed E-state index contributed by atoms with van der Waals surface area (Å²) in [4.78, 5) is 0. The van der Waals surface area contributed by atoms with Gasteiger partial charge in [-0.3, -0.25) is 0 Å². The van der Waals surface area contributed by atoms with E-state index in [2.05, 4.69) is 48.9 Å². The molecule has 0 aliphatic rings. The molecule has 1 aromatic heterocycles. The number of aromatic nitrogens is 1. The fraction of sp³-hybridized carbons (Fsp3) is 0.385. The van der Waals surface area contributed by atoms with E-state index in [9.17, 15) is 0 Å². The highest BCUT2D eigenvalue weighted by atomic mass is 32.2. The van der Waals surface area contributed by atoms with Crippen molar-refractivity contribution < 1.29 is 0 Å². The molecule has 0 spiro atoms. The molecule has 0 aliphatic heterocycles. The molecule has 1 nitrogen and oxygen atoms in total. The van der Waals surface area contributed by atoms with Crippen LogP contribution in [0.2, 0.25) is 0 Å². The fourth-order valence-electron chi connectivity index (χ4n) is 1.82. The molecule has 1 aromatic carbocycles. The first-order valence-electron chi connectivity index (χ1n) is 5.44. The van der Waals surface area contributed by atoms with Gasteiger partial charge in [-0.05, 0) is 36.3 Å². The van der Waals surface area contributed by atoms with Gasteiger partial charge in [0, 0.05) is 24.0 Å². The molecule has 2 heteroatoms. The predicted octanol–water partition coefficient (Wildman–Crippen LogP) is 3.70. The van der Waals surface area contributed by atoms with Crippen LogP contribution in [0.25, 0.3) is 10.9 Å². The highest BCUT2D eigenvalue weighted by Crippen LogP contribution is 2.17. The summed E-state index contributed by atoms with van der Waals surface area (Å²) in [5.41, 5.74) is 2.69. The molecular formula is C13H17NS. The third-order valence-electron chi connectivity index (χ3n) is 2.61. The van der Waals surface area contributed by atoms with Gasteiger partial charge in [-0.1, -0.05) is 18.6 Å². The average molecular weight is 219 g/mol. The number of nitrogens with zero attached hydrogens (tertiary/aromatic N) is 1. The van der Waals surface area contributed by atoms with Crippen molar-refractivity contribution in [2.75, 3.05) is 11.5 Å². The summed E-state index contributed by atoms with van der Waals surface area (Å²) >= 11 is 2.00. The van der Waals surface area contributed by atoms with Crippen molar-refractivity contribution in [3.05, 3.63) is 36.0 Å². The van der Waals surface area contributed by atoms with E-state index in [1.807, 2.05) is 11.8 Å². The topological polar surface area (TPSA) is 4.93 Å². The third kappa shape index (κ3) is 2.37. The van der Waals surface area contributed by atoms with E-state index >= 15 is 0 Å². The first-order chi connectivity index (χ1) is 7.31. The SMILES string of the molecule is CCSCCn1ccc2cc(C)ccc21. The summed E-state index contributed by atoms with van der Waals surface area (Å²) in [5, 5.41) is 1.36. The second kappa shape index (κ2) is 4.75. The zero-order chi connectivity index (χ0) is 10.7. The second-order valence-corrected chi connectivity index (χ2v) is 5.16. The molecule has 0 radical (unpaired) electrons. The molecule has 0 saturated heterocycles. The lowest BCUT2D eigenvalue weighted by molar-refractivity contribution is 0.807. The Kier molecular flexibility index (Phi) is 3.37. The molecular weight excluding hydrogens is 202 g/mol. The molecule has 2 rings (SSSR count). The summed E-state index contributed by atoms with van der Waals surface area (Å²) < 4.78 is 2.34. The van der Waals surface area contributed by atoms with E-state index in [-0.39, 0.29) is 0 Å². The molecule has 2 aromatic rings. The Morgan fingerprint density at radius 1 is 1.27 bits per heavy atom. The maximum Gasteiger partial charge on any atom is 0.0480 e. The molecule has 0 unspecified atom stereocenters. The van der Waals surface area contributed by atoms with Gasteiger partial charge < -0.3 is 4.57 Å².